The Bertz CT molecular complexity index is 3270. The molecule has 2 spiro atoms. The Hall–Kier alpha value is -5.96. The Morgan fingerprint density at radius 3 is 1.61 bits per heavy atom. The lowest BCUT2D eigenvalue weighted by Crippen LogP contribution is -2.44. The zero-order chi connectivity index (χ0) is 53.3. The molecule has 6 aliphatic rings. The van der Waals surface area contributed by atoms with Crippen LogP contribution in [0.15, 0.2) is 65.1 Å². The minimum atomic E-state index is -0.106. The summed E-state index contributed by atoms with van der Waals surface area (Å²) in [7, 11) is 7.54. The standard InChI is InChI=1S/C25H32N8O.C16H20ClN3O2.C15H17ClN4O/c1-31-9-11-32(12-10-31)19-3-4-22(27-16-19)29-24-28-14-18-13-20-15-26-17-25(33(20)23(18)30-24)7-5-21(34-2)6-8-25;1-3-16(6-4-13(22-2)5-7-16)20-12(10-21)8-11-9-18-15(17)19-14(11)20;1-21-12-2-4-15(5-3-12)9-17-8-11-6-10-7-18-14(16)19-13(10)20(11)15/h3-4,13-16,21H,5-12,17H2,1-2H3,(H,27,28,29,30);8-10,13H,3-7H2,1-2H3;6-8,12H,2-5,9H2,1H3. The Kier molecular flexibility index (Phi) is 15.4. The topological polar surface area (TPSA) is 193 Å². The molecule has 0 bridgehead atoms. The number of fused-ring (bicyclic) bond motifs is 9. The minimum Gasteiger partial charge on any atom is -0.381 e. The van der Waals surface area contributed by atoms with Crippen LogP contribution in [0.3, 0.4) is 0 Å². The molecule has 13 rings (SSSR count). The molecule has 0 aromatic carbocycles. The van der Waals surface area contributed by atoms with Crippen molar-refractivity contribution in [2.24, 2.45) is 9.98 Å². The molecule has 0 radical (unpaired) electrons. The first-order valence-corrected chi connectivity index (χ1v) is 27.9. The van der Waals surface area contributed by atoms with Gasteiger partial charge in [-0.25, -0.2) is 19.9 Å². The zero-order valence-electron chi connectivity index (χ0n) is 44.7. The molecule has 0 atom stereocenters. The molecule has 21 heteroatoms. The molecular weight excluding hydrogens is 1020 g/mol. The summed E-state index contributed by atoms with van der Waals surface area (Å²) in [6.07, 6.45) is 26.4. The minimum absolute atomic E-state index is 0.0124. The van der Waals surface area contributed by atoms with Crippen LogP contribution in [0.4, 0.5) is 17.5 Å². The highest BCUT2D eigenvalue weighted by molar-refractivity contribution is 6.28. The van der Waals surface area contributed by atoms with E-state index in [0.717, 1.165) is 185 Å². The SMILES string of the molecule is CCC1(n2c(C=O)cc3cnc(Cl)nc32)CCC(OC)CC1.COC1CCC2(CC1)CN=Cc1cc3cnc(Cl)nc3n12.COC1CCC2(CC1)CN=Cc1cc3cnc(Nc4ccc(N5CCN(C)CC5)cn4)nc3n12. The van der Waals surface area contributed by atoms with Crippen molar-refractivity contribution in [1.29, 1.82) is 0 Å². The summed E-state index contributed by atoms with van der Waals surface area (Å²) in [6.45, 7) is 7.97. The van der Waals surface area contributed by atoms with Gasteiger partial charge in [-0.15, -0.1) is 0 Å². The van der Waals surface area contributed by atoms with Crippen molar-refractivity contribution in [3.63, 3.8) is 0 Å². The number of likely N-dealkylation sites (N-methyl/N-ethyl adjacent to an activating group) is 1. The van der Waals surface area contributed by atoms with Crippen molar-refractivity contribution in [2.75, 3.05) is 77.9 Å². The number of halogens is 2. The zero-order valence-corrected chi connectivity index (χ0v) is 46.3. The number of pyridine rings is 1. The third-order valence-electron chi connectivity index (χ3n) is 17.5. The number of nitrogens with zero attached hydrogens (tertiary/aromatic N) is 14. The maximum Gasteiger partial charge on any atom is 0.230 e. The summed E-state index contributed by atoms with van der Waals surface area (Å²) in [5.41, 5.74) is 6.52. The summed E-state index contributed by atoms with van der Waals surface area (Å²) in [5.74, 6) is 1.32. The molecule has 3 aliphatic heterocycles. The molecule has 406 valence electrons. The van der Waals surface area contributed by atoms with Gasteiger partial charge in [-0.05, 0) is 144 Å². The third-order valence-corrected chi connectivity index (χ3v) is 17.9. The van der Waals surface area contributed by atoms with Gasteiger partial charge in [0, 0.05) is 100 Å². The molecule has 4 fully saturated rings. The van der Waals surface area contributed by atoms with Gasteiger partial charge in [0.25, 0.3) is 0 Å². The predicted molar refractivity (Wildman–Crippen MR) is 302 cm³/mol. The summed E-state index contributed by atoms with van der Waals surface area (Å²) in [4.78, 5) is 56.7. The van der Waals surface area contributed by atoms with Crippen LogP contribution in [0, 0.1) is 0 Å². The normalized spacial score (nSPS) is 26.1. The molecular formula is C56H69Cl2N15O4. The van der Waals surface area contributed by atoms with Gasteiger partial charge in [-0.3, -0.25) is 14.8 Å². The fraction of sp³-hybridized carbons (Fsp3) is 0.536. The van der Waals surface area contributed by atoms with E-state index >= 15 is 0 Å². The first-order valence-electron chi connectivity index (χ1n) is 27.2. The molecule has 7 aromatic rings. The quantitative estimate of drug-likeness (QED) is 0.106. The van der Waals surface area contributed by atoms with Gasteiger partial charge < -0.3 is 43.0 Å². The highest BCUT2D eigenvalue weighted by Crippen LogP contribution is 2.44. The van der Waals surface area contributed by atoms with E-state index in [9.17, 15) is 4.79 Å². The summed E-state index contributed by atoms with van der Waals surface area (Å²) in [5, 5.41) is 6.74. The van der Waals surface area contributed by atoms with Gasteiger partial charge in [-0.1, -0.05) is 6.92 Å². The van der Waals surface area contributed by atoms with Crippen molar-refractivity contribution in [3.05, 3.63) is 82.8 Å². The van der Waals surface area contributed by atoms with Gasteiger partial charge in [-0.2, -0.15) is 15.0 Å². The van der Waals surface area contributed by atoms with Gasteiger partial charge in [0.2, 0.25) is 16.5 Å². The first kappa shape index (κ1) is 53.1. The number of carbonyl (C=O) groups excluding carboxylic acids is 1. The van der Waals surface area contributed by atoms with Crippen molar-refractivity contribution < 1.29 is 19.0 Å². The van der Waals surface area contributed by atoms with E-state index in [2.05, 4.69) is 95.9 Å². The molecule has 0 amide bonds. The smallest absolute Gasteiger partial charge is 0.230 e. The van der Waals surface area contributed by atoms with E-state index in [-0.39, 0.29) is 21.9 Å². The Balaban J connectivity index is 0.000000128. The number of hydrogen-bond acceptors (Lipinski definition) is 16. The van der Waals surface area contributed by atoms with E-state index in [0.29, 0.717) is 35.2 Å². The fourth-order valence-electron chi connectivity index (χ4n) is 13.0. The molecule has 7 aromatic heterocycles. The van der Waals surface area contributed by atoms with Crippen LogP contribution in [-0.2, 0) is 30.8 Å². The van der Waals surface area contributed by atoms with Gasteiger partial charge >= 0.3 is 0 Å². The van der Waals surface area contributed by atoms with Crippen molar-refractivity contribution in [3.8, 4) is 0 Å². The molecule has 3 aliphatic carbocycles. The second-order valence-electron chi connectivity index (χ2n) is 21.7. The largest absolute Gasteiger partial charge is 0.381 e. The third kappa shape index (κ3) is 10.5. The molecule has 77 heavy (non-hydrogen) atoms. The van der Waals surface area contributed by atoms with E-state index < -0.39 is 0 Å². The number of piperazine rings is 1. The summed E-state index contributed by atoms with van der Waals surface area (Å²) < 4.78 is 23.4. The van der Waals surface area contributed by atoms with Gasteiger partial charge in [0.05, 0.1) is 71.4 Å². The Labute approximate surface area is 458 Å². The van der Waals surface area contributed by atoms with Crippen LogP contribution in [0.25, 0.3) is 33.1 Å². The lowest BCUT2D eigenvalue weighted by molar-refractivity contribution is 0.0296. The van der Waals surface area contributed by atoms with Crippen LogP contribution in [0.5, 0.6) is 0 Å². The number of carbonyl (C=O) groups is 1. The molecule has 1 N–H and O–H groups in total. The number of methoxy groups -OCH3 is 3. The van der Waals surface area contributed by atoms with Crippen LogP contribution in [0.1, 0.15) is 112 Å². The number of rotatable bonds is 9. The second-order valence-corrected chi connectivity index (χ2v) is 22.4. The summed E-state index contributed by atoms with van der Waals surface area (Å²) >= 11 is 12.0. The number of aromatic nitrogens is 10. The van der Waals surface area contributed by atoms with E-state index in [1.54, 1.807) is 26.6 Å². The highest BCUT2D eigenvalue weighted by Gasteiger charge is 2.43. The number of anilines is 3. The number of aldehydes is 1. The average Bonchev–Trinajstić information content (AvgIpc) is 4.20. The second kappa shape index (κ2) is 22.4. The van der Waals surface area contributed by atoms with Crippen molar-refractivity contribution in [2.45, 2.75) is 125 Å². The molecule has 19 nitrogen and oxygen atoms in total. The average molecular weight is 1090 g/mol. The van der Waals surface area contributed by atoms with Crippen molar-refractivity contribution >= 4 is 92.5 Å². The lowest BCUT2D eigenvalue weighted by atomic mass is 9.78. The maximum atomic E-state index is 11.6. The monoisotopic (exact) mass is 1090 g/mol. The summed E-state index contributed by atoms with van der Waals surface area (Å²) in [6, 6.07) is 10.2. The van der Waals surface area contributed by atoms with E-state index in [1.807, 2.05) is 44.1 Å². The van der Waals surface area contributed by atoms with E-state index in [4.69, 9.17) is 47.4 Å². The maximum absolute atomic E-state index is 11.6. The number of hydrogen-bond donors (Lipinski definition) is 1. The molecule has 0 unspecified atom stereocenters. The molecule has 10 heterocycles. The molecule has 1 saturated heterocycles. The van der Waals surface area contributed by atoms with Gasteiger partial charge in [0.15, 0.2) is 6.29 Å². The lowest BCUT2D eigenvalue weighted by Gasteiger charge is -2.42. The van der Waals surface area contributed by atoms with E-state index in [1.165, 1.54) is 0 Å². The van der Waals surface area contributed by atoms with Gasteiger partial charge in [0.1, 0.15) is 22.8 Å². The number of nitrogens with one attached hydrogen (secondary N) is 1. The fourth-order valence-corrected chi connectivity index (χ4v) is 13.3. The van der Waals surface area contributed by atoms with Crippen LogP contribution >= 0.6 is 23.2 Å². The Morgan fingerprint density at radius 2 is 1.12 bits per heavy atom. The predicted octanol–water partition coefficient (Wildman–Crippen LogP) is 9.43. The van der Waals surface area contributed by atoms with Crippen LogP contribution in [-0.4, -0.2) is 158 Å². The number of aliphatic imine (C=N–C) groups is 2. The Morgan fingerprint density at radius 1 is 0.623 bits per heavy atom. The number of ether oxygens (including phenoxy) is 3. The molecule has 3 saturated carbocycles. The first-order chi connectivity index (χ1) is 37.5. The van der Waals surface area contributed by atoms with Crippen molar-refractivity contribution in [1.82, 2.24) is 53.5 Å². The highest BCUT2D eigenvalue weighted by atomic mass is 35.5. The van der Waals surface area contributed by atoms with Crippen LogP contribution in [0.2, 0.25) is 10.6 Å². The van der Waals surface area contributed by atoms with Crippen LogP contribution < -0.4 is 10.2 Å².